The van der Waals surface area contributed by atoms with Crippen LogP contribution >= 0.6 is 24.8 Å². The van der Waals surface area contributed by atoms with Crippen LogP contribution < -0.4 is 10.6 Å². The topological polar surface area (TPSA) is 54.0 Å². The highest BCUT2D eigenvalue weighted by molar-refractivity contribution is 5.85. The average molecular weight is 388 g/mol. The molecule has 0 spiro atoms. The standard InChI is InChI=1S/C19H29N3O.2ClH/c1-12(2)18(19-13(3)5-4-8-20-19)22-17(23)11-14-9-15-6-7-16(10-14)21-15;;/h4-5,8,12,14-16,18,21H,6-7,9-11H2,1-3H3,(H,22,23);2*1H. The summed E-state index contributed by atoms with van der Waals surface area (Å²) in [6.07, 6.45) is 7.34. The quantitative estimate of drug-likeness (QED) is 0.803. The predicted octanol–water partition coefficient (Wildman–Crippen LogP) is 3.97. The maximum atomic E-state index is 12.6. The summed E-state index contributed by atoms with van der Waals surface area (Å²) in [6.45, 7) is 6.35. The molecule has 0 aliphatic carbocycles. The van der Waals surface area contributed by atoms with Crippen LogP contribution in [-0.2, 0) is 4.79 Å². The molecule has 2 aliphatic heterocycles. The molecule has 2 N–H and O–H groups in total. The maximum Gasteiger partial charge on any atom is 0.220 e. The SMILES string of the molecule is Cc1cccnc1C(NC(=O)CC1CC2CCC(C1)N2)C(C)C.Cl.Cl. The minimum atomic E-state index is 0. The number of pyridine rings is 1. The first-order chi connectivity index (χ1) is 11.0. The van der Waals surface area contributed by atoms with Crippen molar-refractivity contribution in [3.63, 3.8) is 0 Å². The molecule has 3 atom stereocenters. The minimum absolute atomic E-state index is 0. The van der Waals surface area contributed by atoms with Crippen molar-refractivity contribution in [3.8, 4) is 0 Å². The summed E-state index contributed by atoms with van der Waals surface area (Å²) in [6, 6.07) is 5.30. The van der Waals surface area contributed by atoms with Gasteiger partial charge in [-0.1, -0.05) is 19.9 Å². The molecule has 4 nitrogen and oxygen atoms in total. The Bertz CT molecular complexity index is 555. The molecule has 1 amide bonds. The molecule has 142 valence electrons. The Labute approximate surface area is 163 Å². The molecule has 25 heavy (non-hydrogen) atoms. The van der Waals surface area contributed by atoms with E-state index in [9.17, 15) is 4.79 Å². The van der Waals surface area contributed by atoms with E-state index in [-0.39, 0.29) is 36.8 Å². The van der Waals surface area contributed by atoms with Gasteiger partial charge in [-0.2, -0.15) is 0 Å². The van der Waals surface area contributed by atoms with Crippen molar-refractivity contribution < 1.29 is 4.79 Å². The number of aryl methyl sites for hydroxylation is 1. The van der Waals surface area contributed by atoms with Gasteiger partial charge < -0.3 is 10.6 Å². The number of carbonyl (C=O) groups excluding carboxylic acids is 1. The van der Waals surface area contributed by atoms with Crippen molar-refractivity contribution >= 4 is 30.7 Å². The van der Waals surface area contributed by atoms with Crippen molar-refractivity contribution in [2.24, 2.45) is 11.8 Å². The number of amides is 1. The first-order valence-electron chi connectivity index (χ1n) is 9.00. The summed E-state index contributed by atoms with van der Waals surface area (Å²) in [5.74, 6) is 1.04. The number of nitrogens with zero attached hydrogens (tertiary/aromatic N) is 1. The second kappa shape index (κ2) is 9.75. The van der Waals surface area contributed by atoms with E-state index in [1.165, 1.54) is 12.8 Å². The van der Waals surface area contributed by atoms with Crippen molar-refractivity contribution in [1.82, 2.24) is 15.6 Å². The number of piperidine rings is 1. The third-order valence-corrected chi connectivity index (χ3v) is 5.37. The summed E-state index contributed by atoms with van der Waals surface area (Å²) in [5, 5.41) is 6.89. The van der Waals surface area contributed by atoms with Crippen LogP contribution in [0, 0.1) is 18.8 Å². The summed E-state index contributed by atoms with van der Waals surface area (Å²) in [7, 11) is 0. The van der Waals surface area contributed by atoms with Crippen LogP contribution in [0.1, 0.15) is 63.3 Å². The van der Waals surface area contributed by atoms with E-state index in [4.69, 9.17) is 0 Å². The molecule has 6 heteroatoms. The molecule has 3 heterocycles. The third kappa shape index (κ3) is 5.57. The summed E-state index contributed by atoms with van der Waals surface area (Å²) in [5.41, 5.74) is 2.15. The summed E-state index contributed by atoms with van der Waals surface area (Å²) in [4.78, 5) is 17.1. The minimum Gasteiger partial charge on any atom is -0.347 e. The zero-order chi connectivity index (χ0) is 16.4. The van der Waals surface area contributed by atoms with E-state index in [0.29, 0.717) is 30.3 Å². The first-order valence-corrected chi connectivity index (χ1v) is 9.00. The van der Waals surface area contributed by atoms with Crippen molar-refractivity contribution in [3.05, 3.63) is 29.6 Å². The number of hydrogen-bond donors (Lipinski definition) is 2. The van der Waals surface area contributed by atoms with Crippen LogP contribution in [0.4, 0.5) is 0 Å². The van der Waals surface area contributed by atoms with Gasteiger partial charge in [0.1, 0.15) is 0 Å². The largest absolute Gasteiger partial charge is 0.347 e. The number of fused-ring (bicyclic) bond motifs is 2. The molecule has 2 aliphatic rings. The number of carbonyl (C=O) groups is 1. The van der Waals surface area contributed by atoms with E-state index in [2.05, 4.69) is 42.5 Å². The molecule has 1 aromatic rings. The highest BCUT2D eigenvalue weighted by Gasteiger charge is 2.34. The number of hydrogen-bond acceptors (Lipinski definition) is 3. The van der Waals surface area contributed by atoms with Crippen LogP contribution in [0.2, 0.25) is 0 Å². The lowest BCUT2D eigenvalue weighted by molar-refractivity contribution is -0.123. The van der Waals surface area contributed by atoms with Crippen LogP contribution in [-0.4, -0.2) is 23.0 Å². The second-order valence-electron chi connectivity index (χ2n) is 7.67. The van der Waals surface area contributed by atoms with Gasteiger partial charge in [-0.15, -0.1) is 24.8 Å². The molecule has 1 aromatic heterocycles. The van der Waals surface area contributed by atoms with Crippen LogP contribution in [0.25, 0.3) is 0 Å². The molecular formula is C19H31Cl2N3O. The number of nitrogens with one attached hydrogen (secondary N) is 2. The van der Waals surface area contributed by atoms with Crippen LogP contribution in [0.3, 0.4) is 0 Å². The Morgan fingerprint density at radius 1 is 1.28 bits per heavy atom. The zero-order valence-electron chi connectivity index (χ0n) is 15.3. The van der Waals surface area contributed by atoms with Crippen LogP contribution in [0.15, 0.2) is 18.3 Å². The van der Waals surface area contributed by atoms with Crippen LogP contribution in [0.5, 0.6) is 0 Å². The zero-order valence-corrected chi connectivity index (χ0v) is 17.0. The predicted molar refractivity (Wildman–Crippen MR) is 106 cm³/mol. The van der Waals surface area contributed by atoms with Gasteiger partial charge in [-0.05, 0) is 56.1 Å². The number of aromatic nitrogens is 1. The van der Waals surface area contributed by atoms with E-state index in [0.717, 1.165) is 24.1 Å². The van der Waals surface area contributed by atoms with Gasteiger partial charge in [0.05, 0.1) is 11.7 Å². The molecule has 0 aromatic carbocycles. The fourth-order valence-corrected chi connectivity index (χ4v) is 4.21. The second-order valence-corrected chi connectivity index (χ2v) is 7.67. The Morgan fingerprint density at radius 3 is 2.48 bits per heavy atom. The lowest BCUT2D eigenvalue weighted by Gasteiger charge is -2.30. The lowest BCUT2D eigenvalue weighted by Crippen LogP contribution is -2.40. The van der Waals surface area contributed by atoms with Gasteiger partial charge in [0.15, 0.2) is 0 Å². The number of rotatable bonds is 5. The van der Waals surface area contributed by atoms with Crippen molar-refractivity contribution in [2.45, 2.75) is 71.0 Å². The summed E-state index contributed by atoms with van der Waals surface area (Å²) >= 11 is 0. The molecule has 2 fully saturated rings. The van der Waals surface area contributed by atoms with E-state index in [1.54, 1.807) is 0 Å². The van der Waals surface area contributed by atoms with Gasteiger partial charge in [-0.3, -0.25) is 9.78 Å². The molecule has 0 radical (unpaired) electrons. The van der Waals surface area contributed by atoms with E-state index < -0.39 is 0 Å². The monoisotopic (exact) mass is 387 g/mol. The molecule has 3 rings (SSSR count). The van der Waals surface area contributed by atoms with E-state index >= 15 is 0 Å². The molecular weight excluding hydrogens is 357 g/mol. The highest BCUT2D eigenvalue weighted by atomic mass is 35.5. The maximum absolute atomic E-state index is 12.6. The van der Waals surface area contributed by atoms with Gasteiger partial charge in [-0.25, -0.2) is 0 Å². The fourth-order valence-electron chi connectivity index (χ4n) is 4.21. The van der Waals surface area contributed by atoms with Gasteiger partial charge in [0.25, 0.3) is 0 Å². The fraction of sp³-hybridized carbons (Fsp3) is 0.684. The summed E-state index contributed by atoms with van der Waals surface area (Å²) < 4.78 is 0. The molecule has 2 saturated heterocycles. The normalized spacial score (nSPS) is 25.7. The Hall–Kier alpha value is -0.840. The van der Waals surface area contributed by atoms with Crippen molar-refractivity contribution in [2.75, 3.05) is 0 Å². The Kier molecular flexibility index (Phi) is 8.66. The van der Waals surface area contributed by atoms with Gasteiger partial charge in [0.2, 0.25) is 5.91 Å². The molecule has 3 unspecified atom stereocenters. The third-order valence-electron chi connectivity index (χ3n) is 5.37. The molecule has 2 bridgehead atoms. The van der Waals surface area contributed by atoms with E-state index in [1.807, 2.05) is 12.3 Å². The lowest BCUT2D eigenvalue weighted by atomic mass is 9.89. The van der Waals surface area contributed by atoms with Gasteiger partial charge in [0, 0.05) is 24.7 Å². The smallest absolute Gasteiger partial charge is 0.220 e. The Balaban J connectivity index is 0.00000156. The molecule has 0 saturated carbocycles. The van der Waals surface area contributed by atoms with Crippen molar-refractivity contribution in [1.29, 1.82) is 0 Å². The highest BCUT2D eigenvalue weighted by Crippen LogP contribution is 2.33. The number of halogens is 2. The first kappa shape index (κ1) is 22.2. The van der Waals surface area contributed by atoms with Gasteiger partial charge >= 0.3 is 0 Å². The average Bonchev–Trinajstić information content (AvgIpc) is 2.84. The Morgan fingerprint density at radius 2 is 1.92 bits per heavy atom.